The van der Waals surface area contributed by atoms with Crippen LogP contribution in [0.4, 0.5) is 5.82 Å². The second-order valence-electron chi connectivity index (χ2n) is 7.57. The molecule has 0 aliphatic carbocycles. The molecule has 4 N–H and O–H groups in total. The van der Waals surface area contributed by atoms with Gasteiger partial charge in [0.1, 0.15) is 22.6 Å². The zero-order valence-corrected chi connectivity index (χ0v) is 19.4. The molecular weight excluding hydrogens is 496 g/mol. The Hall–Kier alpha value is -4.24. The van der Waals surface area contributed by atoms with E-state index in [0.717, 1.165) is 10.0 Å². The van der Waals surface area contributed by atoms with Crippen LogP contribution in [0, 0.1) is 0 Å². The number of nitrogens with two attached hydrogens (primary N) is 1. The molecule has 2 heterocycles. The number of aromatic nitrogens is 3. The van der Waals surface area contributed by atoms with Crippen LogP contribution in [0.3, 0.4) is 0 Å². The summed E-state index contributed by atoms with van der Waals surface area (Å²) in [4.78, 5) is 22.5. The Labute approximate surface area is 202 Å². The first kappa shape index (κ1) is 21.6. The number of phenols is 1. The molecule has 0 atom stereocenters. The number of halogens is 1. The molecule has 2 aromatic heterocycles. The SMILES string of the molecule is Nc1c(C(=O)NCc2ccccc2)c2nc3ccccc3nc2n1N=Cc1cc(Br)ccc1O. The molecule has 3 aromatic carbocycles. The zero-order valence-electron chi connectivity index (χ0n) is 17.8. The average molecular weight is 515 g/mol. The van der Waals surface area contributed by atoms with E-state index >= 15 is 0 Å². The first-order valence-corrected chi connectivity index (χ1v) is 11.2. The number of rotatable bonds is 5. The van der Waals surface area contributed by atoms with Crippen molar-refractivity contribution in [1.82, 2.24) is 20.0 Å². The highest BCUT2D eigenvalue weighted by atomic mass is 79.9. The summed E-state index contributed by atoms with van der Waals surface area (Å²) in [6.07, 6.45) is 1.46. The highest BCUT2D eigenvalue weighted by Gasteiger charge is 2.24. The molecule has 0 aliphatic rings. The highest BCUT2D eigenvalue weighted by Crippen LogP contribution is 2.28. The minimum atomic E-state index is -0.379. The van der Waals surface area contributed by atoms with Gasteiger partial charge in [0.2, 0.25) is 0 Å². The molecule has 0 fully saturated rings. The van der Waals surface area contributed by atoms with Gasteiger partial charge in [0.25, 0.3) is 5.91 Å². The number of hydrogen-bond donors (Lipinski definition) is 3. The van der Waals surface area contributed by atoms with Gasteiger partial charge in [0.15, 0.2) is 5.65 Å². The fraction of sp³-hybridized carbons (Fsp3) is 0.0400. The van der Waals surface area contributed by atoms with Gasteiger partial charge in [-0.1, -0.05) is 58.4 Å². The summed E-state index contributed by atoms with van der Waals surface area (Å²) in [6.45, 7) is 0.335. The molecule has 0 saturated carbocycles. The number of phenolic OH excluding ortho intramolecular Hbond substituents is 1. The molecule has 0 spiro atoms. The molecule has 0 unspecified atom stereocenters. The van der Waals surface area contributed by atoms with E-state index in [0.29, 0.717) is 34.3 Å². The molecule has 9 heteroatoms. The van der Waals surface area contributed by atoms with Gasteiger partial charge in [-0.3, -0.25) is 4.79 Å². The van der Waals surface area contributed by atoms with Crippen molar-refractivity contribution >= 4 is 56.1 Å². The Morgan fingerprint density at radius 3 is 2.53 bits per heavy atom. The second-order valence-corrected chi connectivity index (χ2v) is 8.49. The van der Waals surface area contributed by atoms with E-state index in [1.54, 1.807) is 18.2 Å². The first-order valence-electron chi connectivity index (χ1n) is 10.4. The average Bonchev–Trinajstić information content (AvgIpc) is 3.12. The number of aromatic hydroxyl groups is 1. The molecular formula is C25H19BrN6O2. The van der Waals surface area contributed by atoms with E-state index in [1.807, 2.05) is 54.6 Å². The van der Waals surface area contributed by atoms with Crippen molar-refractivity contribution in [3.8, 4) is 5.75 Å². The maximum absolute atomic E-state index is 13.2. The lowest BCUT2D eigenvalue weighted by Gasteiger charge is -2.05. The third kappa shape index (κ3) is 4.08. The predicted octanol–water partition coefficient (Wildman–Crippen LogP) is 4.45. The van der Waals surface area contributed by atoms with Crippen molar-refractivity contribution in [3.63, 3.8) is 0 Å². The van der Waals surface area contributed by atoms with E-state index < -0.39 is 0 Å². The molecule has 8 nitrogen and oxygen atoms in total. The topological polar surface area (TPSA) is 118 Å². The summed E-state index contributed by atoms with van der Waals surface area (Å²) < 4.78 is 2.15. The van der Waals surface area contributed by atoms with Crippen LogP contribution in [0.25, 0.3) is 22.2 Å². The largest absolute Gasteiger partial charge is 0.507 e. The fourth-order valence-electron chi connectivity index (χ4n) is 3.60. The van der Waals surface area contributed by atoms with E-state index in [9.17, 15) is 9.90 Å². The fourth-order valence-corrected chi connectivity index (χ4v) is 3.98. The second kappa shape index (κ2) is 8.95. The number of hydrogen-bond acceptors (Lipinski definition) is 6. The van der Waals surface area contributed by atoms with Crippen LogP contribution in [0.5, 0.6) is 5.75 Å². The Morgan fingerprint density at radius 1 is 1.06 bits per heavy atom. The normalized spacial score (nSPS) is 11.4. The molecule has 0 bridgehead atoms. The lowest BCUT2D eigenvalue weighted by Crippen LogP contribution is -2.23. The van der Waals surface area contributed by atoms with Crippen LogP contribution in [0.2, 0.25) is 0 Å². The van der Waals surface area contributed by atoms with Gasteiger partial charge in [-0.25, -0.2) is 9.97 Å². The first-order chi connectivity index (χ1) is 16.5. The van der Waals surface area contributed by atoms with Gasteiger partial charge in [-0.2, -0.15) is 9.78 Å². The van der Waals surface area contributed by atoms with Crippen LogP contribution in [0.1, 0.15) is 21.5 Å². The van der Waals surface area contributed by atoms with Gasteiger partial charge in [-0.05, 0) is 35.9 Å². The van der Waals surface area contributed by atoms with E-state index in [-0.39, 0.29) is 23.0 Å². The van der Waals surface area contributed by atoms with Crippen LogP contribution in [-0.4, -0.2) is 31.9 Å². The number of anilines is 1. The van der Waals surface area contributed by atoms with Gasteiger partial charge >= 0.3 is 0 Å². The maximum atomic E-state index is 13.2. The quantitative estimate of drug-likeness (QED) is 0.299. The minimum absolute atomic E-state index is 0.0549. The lowest BCUT2D eigenvalue weighted by molar-refractivity contribution is 0.0953. The Balaban J connectivity index is 1.62. The maximum Gasteiger partial charge on any atom is 0.257 e. The van der Waals surface area contributed by atoms with E-state index in [4.69, 9.17) is 5.73 Å². The monoisotopic (exact) mass is 514 g/mol. The van der Waals surface area contributed by atoms with Crippen molar-refractivity contribution in [2.45, 2.75) is 6.54 Å². The molecule has 34 heavy (non-hydrogen) atoms. The Kier molecular flexibility index (Phi) is 5.69. The molecule has 168 valence electrons. The molecule has 0 saturated heterocycles. The Bertz CT molecular complexity index is 1560. The number of benzene rings is 3. The smallest absolute Gasteiger partial charge is 0.257 e. The molecule has 0 radical (unpaired) electrons. The summed E-state index contributed by atoms with van der Waals surface area (Å²) in [5, 5.41) is 17.5. The van der Waals surface area contributed by atoms with E-state index in [1.165, 1.54) is 10.9 Å². The van der Waals surface area contributed by atoms with Crippen molar-refractivity contribution in [1.29, 1.82) is 0 Å². The van der Waals surface area contributed by atoms with Gasteiger partial charge < -0.3 is 16.2 Å². The number of carbonyl (C=O) groups excluding carboxylic acids is 1. The molecule has 5 aromatic rings. The van der Waals surface area contributed by atoms with E-state index in [2.05, 4.69) is 36.3 Å². The summed E-state index contributed by atoms with van der Waals surface area (Å²) in [6, 6.07) is 21.9. The number of amides is 1. The molecule has 0 aliphatic heterocycles. The van der Waals surface area contributed by atoms with Crippen molar-refractivity contribution in [2.75, 3.05) is 5.73 Å². The zero-order chi connectivity index (χ0) is 23.7. The highest BCUT2D eigenvalue weighted by molar-refractivity contribution is 9.10. The van der Waals surface area contributed by atoms with Gasteiger partial charge in [0.05, 0.1) is 17.2 Å². The van der Waals surface area contributed by atoms with Crippen molar-refractivity contribution in [3.05, 3.63) is 94.0 Å². The number of fused-ring (bicyclic) bond motifs is 2. The van der Waals surface area contributed by atoms with Crippen LogP contribution in [-0.2, 0) is 6.54 Å². The number of nitrogens with zero attached hydrogens (tertiary/aromatic N) is 4. The van der Waals surface area contributed by atoms with Gasteiger partial charge in [0, 0.05) is 16.6 Å². The summed E-state index contributed by atoms with van der Waals surface area (Å²) in [5.41, 5.74) is 10.0. The van der Waals surface area contributed by atoms with Crippen molar-refractivity contribution in [2.24, 2.45) is 5.10 Å². The lowest BCUT2D eigenvalue weighted by atomic mass is 10.2. The van der Waals surface area contributed by atoms with Crippen LogP contribution < -0.4 is 11.1 Å². The third-order valence-corrected chi connectivity index (χ3v) is 5.79. The number of nitrogens with one attached hydrogen (secondary N) is 1. The summed E-state index contributed by atoms with van der Waals surface area (Å²) in [5.74, 6) is -0.226. The Morgan fingerprint density at radius 2 is 1.76 bits per heavy atom. The summed E-state index contributed by atoms with van der Waals surface area (Å²) >= 11 is 3.38. The van der Waals surface area contributed by atoms with Crippen LogP contribution in [0.15, 0.2) is 82.4 Å². The number of carbonyl (C=O) groups is 1. The van der Waals surface area contributed by atoms with Gasteiger partial charge in [-0.15, -0.1) is 0 Å². The molecule has 5 rings (SSSR count). The standard InChI is InChI=1S/C25H19BrN6O2/c26-17-10-11-20(33)16(12-17)14-29-32-23(27)21(25(34)28-13-15-6-2-1-3-7-15)22-24(32)31-19-9-5-4-8-18(19)30-22/h1-12,14,33H,13,27H2,(H,28,34). The minimum Gasteiger partial charge on any atom is -0.507 e. The number of nitrogen functional groups attached to an aromatic ring is 1. The summed E-state index contributed by atoms with van der Waals surface area (Å²) in [7, 11) is 0. The van der Waals surface area contributed by atoms with Crippen LogP contribution >= 0.6 is 15.9 Å². The predicted molar refractivity (Wildman–Crippen MR) is 136 cm³/mol. The third-order valence-electron chi connectivity index (χ3n) is 5.30. The number of para-hydroxylation sites is 2. The molecule has 1 amide bonds. The van der Waals surface area contributed by atoms with Crippen molar-refractivity contribution < 1.29 is 9.90 Å².